The summed E-state index contributed by atoms with van der Waals surface area (Å²) < 4.78 is 23.8. The van der Waals surface area contributed by atoms with Gasteiger partial charge in [0.05, 0.1) is 16.5 Å². The van der Waals surface area contributed by atoms with Crippen molar-refractivity contribution in [3.05, 3.63) is 56.8 Å². The third kappa shape index (κ3) is 3.05. The van der Waals surface area contributed by atoms with E-state index in [0.29, 0.717) is 11.5 Å². The van der Waals surface area contributed by atoms with E-state index in [1.807, 2.05) is 0 Å². The first kappa shape index (κ1) is 14.3. The Kier molecular flexibility index (Phi) is 4.19. The zero-order valence-electron chi connectivity index (χ0n) is 10.3. The number of nitro benzene ring substituents is 1. The zero-order valence-corrected chi connectivity index (χ0v) is 11.9. The summed E-state index contributed by atoms with van der Waals surface area (Å²) in [5.41, 5.74) is -0.153. The Morgan fingerprint density at radius 2 is 1.85 bits per heavy atom. The highest BCUT2D eigenvalue weighted by Gasteiger charge is 2.15. The molecule has 0 radical (unpaired) electrons. The van der Waals surface area contributed by atoms with E-state index in [1.165, 1.54) is 43.5 Å². The van der Waals surface area contributed by atoms with E-state index in [9.17, 15) is 14.5 Å². The van der Waals surface area contributed by atoms with Gasteiger partial charge in [-0.05, 0) is 40.2 Å². The van der Waals surface area contributed by atoms with Crippen molar-refractivity contribution >= 4 is 21.6 Å². The number of rotatable bonds is 4. The first-order chi connectivity index (χ1) is 9.51. The minimum Gasteiger partial charge on any atom is -0.490 e. The van der Waals surface area contributed by atoms with Crippen LogP contribution in [-0.4, -0.2) is 12.0 Å². The van der Waals surface area contributed by atoms with Crippen molar-refractivity contribution in [3.8, 4) is 17.2 Å². The molecule has 5 nitrogen and oxygen atoms in total. The molecule has 104 valence electrons. The Morgan fingerprint density at radius 1 is 1.20 bits per heavy atom. The van der Waals surface area contributed by atoms with Gasteiger partial charge in [-0.25, -0.2) is 4.39 Å². The average molecular weight is 342 g/mol. The first-order valence-corrected chi connectivity index (χ1v) is 6.26. The highest BCUT2D eigenvalue weighted by molar-refractivity contribution is 9.10. The summed E-state index contributed by atoms with van der Waals surface area (Å²) in [4.78, 5) is 10.2. The largest absolute Gasteiger partial charge is 0.490 e. The molecule has 0 aliphatic rings. The van der Waals surface area contributed by atoms with Crippen molar-refractivity contribution in [2.45, 2.75) is 0 Å². The van der Waals surface area contributed by atoms with E-state index in [0.717, 1.165) is 0 Å². The van der Waals surface area contributed by atoms with E-state index in [1.54, 1.807) is 0 Å². The van der Waals surface area contributed by atoms with Crippen molar-refractivity contribution in [1.29, 1.82) is 0 Å². The number of halogens is 2. The van der Waals surface area contributed by atoms with Crippen LogP contribution < -0.4 is 9.47 Å². The summed E-state index contributed by atoms with van der Waals surface area (Å²) >= 11 is 3.05. The summed E-state index contributed by atoms with van der Waals surface area (Å²) in [7, 11) is 1.33. The Balaban J connectivity index is 2.29. The first-order valence-electron chi connectivity index (χ1n) is 5.46. The lowest BCUT2D eigenvalue weighted by molar-refractivity contribution is -0.385. The zero-order chi connectivity index (χ0) is 14.7. The molecular weight excluding hydrogens is 333 g/mol. The Morgan fingerprint density at radius 3 is 2.45 bits per heavy atom. The van der Waals surface area contributed by atoms with E-state index in [-0.39, 0.29) is 15.9 Å². The molecule has 0 aromatic heterocycles. The smallest absolute Gasteiger partial charge is 0.311 e. The summed E-state index contributed by atoms with van der Waals surface area (Å²) in [6.45, 7) is 0. The molecule has 2 aromatic rings. The number of methoxy groups -OCH3 is 1. The Labute approximate surface area is 122 Å². The third-order valence-corrected chi connectivity index (χ3v) is 3.08. The van der Waals surface area contributed by atoms with Gasteiger partial charge in [-0.1, -0.05) is 0 Å². The molecule has 0 spiro atoms. The van der Waals surface area contributed by atoms with Gasteiger partial charge in [-0.2, -0.15) is 0 Å². The van der Waals surface area contributed by atoms with Crippen LogP contribution in [0, 0.1) is 15.9 Å². The third-order valence-electron chi connectivity index (χ3n) is 2.47. The van der Waals surface area contributed by atoms with Crippen LogP contribution in [0.2, 0.25) is 0 Å². The highest BCUT2D eigenvalue weighted by atomic mass is 79.9. The number of hydrogen-bond acceptors (Lipinski definition) is 4. The minimum absolute atomic E-state index is 0.0914. The van der Waals surface area contributed by atoms with E-state index in [4.69, 9.17) is 9.47 Å². The van der Waals surface area contributed by atoms with E-state index < -0.39 is 10.7 Å². The molecule has 0 amide bonds. The molecule has 0 saturated heterocycles. The molecule has 0 aliphatic carbocycles. The van der Waals surface area contributed by atoms with Crippen LogP contribution in [-0.2, 0) is 0 Å². The number of ether oxygens (including phenoxy) is 2. The second-order valence-corrected chi connectivity index (χ2v) is 4.62. The molecule has 0 N–H and O–H groups in total. The summed E-state index contributed by atoms with van der Waals surface area (Å²) in [5.74, 6) is 0.437. The molecule has 0 fully saturated rings. The molecule has 20 heavy (non-hydrogen) atoms. The molecule has 2 aromatic carbocycles. The fourth-order valence-corrected chi connectivity index (χ4v) is 1.91. The van der Waals surface area contributed by atoms with Gasteiger partial charge in [0.15, 0.2) is 0 Å². The van der Waals surface area contributed by atoms with Crippen LogP contribution >= 0.6 is 15.9 Å². The summed E-state index contributed by atoms with van der Waals surface area (Å²) in [6.07, 6.45) is 0. The second-order valence-electron chi connectivity index (χ2n) is 3.77. The van der Waals surface area contributed by atoms with Crippen molar-refractivity contribution in [3.63, 3.8) is 0 Å². The van der Waals surface area contributed by atoms with Gasteiger partial charge in [0.1, 0.15) is 17.3 Å². The monoisotopic (exact) mass is 341 g/mol. The molecule has 0 heterocycles. The SMILES string of the molecule is COc1cc(Oc2ccc(F)c(Br)c2)ccc1[N+](=O)[O-]. The Hall–Kier alpha value is -2.15. The normalized spacial score (nSPS) is 10.2. The van der Waals surface area contributed by atoms with E-state index in [2.05, 4.69) is 15.9 Å². The number of benzene rings is 2. The lowest BCUT2D eigenvalue weighted by Gasteiger charge is -2.08. The quantitative estimate of drug-likeness (QED) is 0.614. The van der Waals surface area contributed by atoms with Crippen LogP contribution in [0.25, 0.3) is 0 Å². The second kappa shape index (κ2) is 5.87. The van der Waals surface area contributed by atoms with E-state index >= 15 is 0 Å². The topological polar surface area (TPSA) is 61.6 Å². The maximum absolute atomic E-state index is 13.1. The molecule has 0 unspecified atom stereocenters. The molecule has 0 atom stereocenters. The Bertz CT molecular complexity index is 663. The molecule has 7 heteroatoms. The van der Waals surface area contributed by atoms with Gasteiger partial charge < -0.3 is 9.47 Å². The standard InChI is InChI=1S/C13H9BrFNO4/c1-19-13-7-9(3-5-12(13)16(17)18)20-8-2-4-11(15)10(14)6-8/h2-7H,1H3. The van der Waals surface area contributed by atoms with Gasteiger partial charge in [0.25, 0.3) is 0 Å². The maximum atomic E-state index is 13.1. The van der Waals surface area contributed by atoms with Crippen molar-refractivity contribution < 1.29 is 18.8 Å². The predicted molar refractivity (Wildman–Crippen MR) is 73.8 cm³/mol. The van der Waals surface area contributed by atoms with Crippen LogP contribution in [0.3, 0.4) is 0 Å². The number of hydrogen-bond donors (Lipinski definition) is 0. The van der Waals surface area contributed by atoms with Crippen molar-refractivity contribution in [1.82, 2.24) is 0 Å². The molecule has 0 saturated carbocycles. The maximum Gasteiger partial charge on any atom is 0.311 e. The summed E-state index contributed by atoms with van der Waals surface area (Å²) in [6, 6.07) is 8.29. The van der Waals surface area contributed by atoms with Crippen LogP contribution in [0.4, 0.5) is 10.1 Å². The van der Waals surface area contributed by atoms with Crippen molar-refractivity contribution in [2.24, 2.45) is 0 Å². The van der Waals surface area contributed by atoms with Crippen molar-refractivity contribution in [2.75, 3.05) is 7.11 Å². The fraction of sp³-hybridized carbons (Fsp3) is 0.0769. The lowest BCUT2D eigenvalue weighted by Crippen LogP contribution is -1.94. The van der Waals surface area contributed by atoms with Gasteiger partial charge in [0.2, 0.25) is 5.75 Å². The highest BCUT2D eigenvalue weighted by Crippen LogP contribution is 2.33. The number of nitrogens with zero attached hydrogens (tertiary/aromatic N) is 1. The fourth-order valence-electron chi connectivity index (χ4n) is 1.55. The van der Waals surface area contributed by atoms with Gasteiger partial charge in [-0.3, -0.25) is 10.1 Å². The molecule has 2 rings (SSSR count). The van der Waals surface area contributed by atoms with Gasteiger partial charge in [-0.15, -0.1) is 0 Å². The molecule has 0 aliphatic heterocycles. The predicted octanol–water partition coefficient (Wildman–Crippen LogP) is 4.30. The average Bonchev–Trinajstić information content (AvgIpc) is 2.42. The van der Waals surface area contributed by atoms with Crippen LogP contribution in [0.15, 0.2) is 40.9 Å². The van der Waals surface area contributed by atoms with Gasteiger partial charge in [0, 0.05) is 12.1 Å². The van der Waals surface area contributed by atoms with Crippen LogP contribution in [0.1, 0.15) is 0 Å². The molecule has 0 bridgehead atoms. The lowest BCUT2D eigenvalue weighted by atomic mass is 10.2. The molecular formula is C13H9BrFNO4. The van der Waals surface area contributed by atoms with Gasteiger partial charge >= 0.3 is 5.69 Å². The minimum atomic E-state index is -0.545. The summed E-state index contributed by atoms with van der Waals surface area (Å²) in [5, 5.41) is 10.8. The van der Waals surface area contributed by atoms with Crippen LogP contribution in [0.5, 0.6) is 17.2 Å². The number of nitro groups is 1.